The second kappa shape index (κ2) is 7.65. The Labute approximate surface area is 139 Å². The molecule has 1 aliphatic heterocycles. The zero-order valence-electron chi connectivity index (χ0n) is 14.6. The second-order valence-corrected chi connectivity index (χ2v) is 8.20. The molecular formula is C18H31NO4. The smallest absolute Gasteiger partial charge is 0.306 e. The lowest BCUT2D eigenvalue weighted by Crippen LogP contribution is -2.46. The molecule has 1 aliphatic carbocycles. The first-order valence-corrected chi connectivity index (χ1v) is 8.91. The van der Waals surface area contributed by atoms with Gasteiger partial charge in [-0.1, -0.05) is 27.2 Å². The van der Waals surface area contributed by atoms with Gasteiger partial charge in [0.05, 0.1) is 12.0 Å². The van der Waals surface area contributed by atoms with Crippen LogP contribution in [0, 0.1) is 23.2 Å². The largest absolute Gasteiger partial charge is 0.481 e. The first-order chi connectivity index (χ1) is 10.8. The maximum Gasteiger partial charge on any atom is 0.306 e. The fourth-order valence-corrected chi connectivity index (χ4v) is 4.04. The molecule has 2 fully saturated rings. The Bertz CT molecular complexity index is 429. The summed E-state index contributed by atoms with van der Waals surface area (Å²) in [7, 11) is 0. The fourth-order valence-electron chi connectivity index (χ4n) is 4.04. The topological polar surface area (TPSA) is 75.6 Å². The number of hydrogen-bond donors (Lipinski definition) is 2. The summed E-state index contributed by atoms with van der Waals surface area (Å²) in [6, 6.07) is 0. The third-order valence-corrected chi connectivity index (χ3v) is 5.23. The van der Waals surface area contributed by atoms with Crippen molar-refractivity contribution >= 4 is 11.9 Å². The number of aliphatic carboxylic acids is 1. The average Bonchev–Trinajstić information content (AvgIpc) is 2.52. The summed E-state index contributed by atoms with van der Waals surface area (Å²) < 4.78 is 5.95. The van der Waals surface area contributed by atoms with Gasteiger partial charge in [0.2, 0.25) is 5.91 Å². The predicted octanol–water partition coefficient (Wildman–Crippen LogP) is 2.83. The summed E-state index contributed by atoms with van der Waals surface area (Å²) in [5, 5.41) is 12.2. The molecule has 23 heavy (non-hydrogen) atoms. The van der Waals surface area contributed by atoms with Crippen molar-refractivity contribution in [1.29, 1.82) is 0 Å². The molecule has 2 aliphatic rings. The van der Waals surface area contributed by atoms with Crippen LogP contribution in [0.1, 0.15) is 59.3 Å². The van der Waals surface area contributed by atoms with Crippen molar-refractivity contribution in [3.05, 3.63) is 0 Å². The van der Waals surface area contributed by atoms with Crippen LogP contribution in [-0.2, 0) is 14.3 Å². The van der Waals surface area contributed by atoms with Crippen LogP contribution in [0.25, 0.3) is 0 Å². The van der Waals surface area contributed by atoms with Gasteiger partial charge >= 0.3 is 5.97 Å². The number of nitrogens with one attached hydrogen (secondary N) is 1. The van der Waals surface area contributed by atoms with E-state index in [-0.39, 0.29) is 29.3 Å². The maximum absolute atomic E-state index is 12.4. The summed E-state index contributed by atoms with van der Waals surface area (Å²) in [6.07, 6.45) is 5.08. The number of carboxylic acid groups (broad SMARTS) is 1. The monoisotopic (exact) mass is 325 g/mol. The Hall–Kier alpha value is -1.10. The van der Waals surface area contributed by atoms with E-state index >= 15 is 0 Å². The van der Waals surface area contributed by atoms with Crippen molar-refractivity contribution in [2.75, 3.05) is 13.2 Å². The Balaban J connectivity index is 1.86. The molecule has 0 aromatic rings. The Morgan fingerprint density at radius 1 is 1.13 bits per heavy atom. The number of hydrogen-bond acceptors (Lipinski definition) is 3. The Morgan fingerprint density at radius 3 is 2.48 bits per heavy atom. The van der Waals surface area contributed by atoms with Crippen LogP contribution in [0.15, 0.2) is 0 Å². The number of amides is 1. The third kappa shape index (κ3) is 4.93. The van der Waals surface area contributed by atoms with Crippen LogP contribution < -0.4 is 5.32 Å². The number of carboxylic acids is 1. The predicted molar refractivity (Wildman–Crippen MR) is 88.0 cm³/mol. The normalized spacial score (nSPS) is 32.3. The van der Waals surface area contributed by atoms with Crippen LogP contribution in [0.2, 0.25) is 0 Å². The van der Waals surface area contributed by atoms with Gasteiger partial charge in [-0.3, -0.25) is 9.59 Å². The first kappa shape index (κ1) is 18.2. The van der Waals surface area contributed by atoms with Crippen molar-refractivity contribution in [2.45, 2.75) is 65.4 Å². The minimum Gasteiger partial charge on any atom is -0.481 e. The van der Waals surface area contributed by atoms with E-state index in [1.54, 1.807) is 0 Å². The minimum absolute atomic E-state index is 0.0224. The number of rotatable bonds is 4. The highest BCUT2D eigenvalue weighted by Gasteiger charge is 2.36. The molecule has 5 nitrogen and oxygen atoms in total. The Kier molecular flexibility index (Phi) is 6.06. The van der Waals surface area contributed by atoms with Crippen molar-refractivity contribution < 1.29 is 19.4 Å². The molecule has 0 aromatic heterocycles. The first-order valence-electron chi connectivity index (χ1n) is 8.91. The highest BCUT2D eigenvalue weighted by Crippen LogP contribution is 2.34. The van der Waals surface area contributed by atoms with Gasteiger partial charge in [0, 0.05) is 25.0 Å². The van der Waals surface area contributed by atoms with E-state index in [2.05, 4.69) is 26.1 Å². The standard InChI is InChI=1S/C18H31NO4/c1-18(2,3)15-14(8-5-9-23-15)11-19-16(20)12-6-4-7-13(10-12)17(21)22/h12-15H,4-11H2,1-3H3,(H,19,20)(H,21,22). The van der Waals surface area contributed by atoms with Gasteiger partial charge in [0.1, 0.15) is 0 Å². The van der Waals surface area contributed by atoms with Gasteiger partial charge in [0.15, 0.2) is 0 Å². The molecule has 4 atom stereocenters. The number of carbonyl (C=O) groups excluding carboxylic acids is 1. The molecule has 0 radical (unpaired) electrons. The van der Waals surface area contributed by atoms with Crippen molar-refractivity contribution in [2.24, 2.45) is 23.2 Å². The quantitative estimate of drug-likeness (QED) is 0.833. The van der Waals surface area contributed by atoms with E-state index in [4.69, 9.17) is 9.84 Å². The molecule has 0 aromatic carbocycles. The van der Waals surface area contributed by atoms with E-state index in [0.717, 1.165) is 32.3 Å². The SMILES string of the molecule is CC(C)(C)C1OCCCC1CNC(=O)C1CCCC(C(=O)O)C1. The van der Waals surface area contributed by atoms with E-state index in [9.17, 15) is 9.59 Å². The molecule has 0 bridgehead atoms. The van der Waals surface area contributed by atoms with Crippen molar-refractivity contribution in [1.82, 2.24) is 5.32 Å². The zero-order valence-corrected chi connectivity index (χ0v) is 14.6. The van der Waals surface area contributed by atoms with Gasteiger partial charge < -0.3 is 15.2 Å². The summed E-state index contributed by atoms with van der Waals surface area (Å²) >= 11 is 0. The molecular weight excluding hydrogens is 294 g/mol. The van der Waals surface area contributed by atoms with Crippen LogP contribution in [0.4, 0.5) is 0 Å². The van der Waals surface area contributed by atoms with E-state index in [1.165, 1.54) is 0 Å². The minimum atomic E-state index is -0.768. The van der Waals surface area contributed by atoms with Crippen LogP contribution in [0.3, 0.4) is 0 Å². The lowest BCUT2D eigenvalue weighted by atomic mass is 9.77. The Morgan fingerprint density at radius 2 is 1.83 bits per heavy atom. The number of carbonyl (C=O) groups is 2. The summed E-state index contributed by atoms with van der Waals surface area (Å²) in [6.45, 7) is 7.97. The summed E-state index contributed by atoms with van der Waals surface area (Å²) in [5.74, 6) is -0.918. The van der Waals surface area contributed by atoms with E-state index in [0.29, 0.717) is 25.3 Å². The van der Waals surface area contributed by atoms with Crippen molar-refractivity contribution in [3.63, 3.8) is 0 Å². The second-order valence-electron chi connectivity index (χ2n) is 8.20. The highest BCUT2D eigenvalue weighted by atomic mass is 16.5. The molecule has 1 amide bonds. The fraction of sp³-hybridized carbons (Fsp3) is 0.889. The van der Waals surface area contributed by atoms with Gasteiger partial charge in [-0.15, -0.1) is 0 Å². The van der Waals surface area contributed by atoms with Crippen LogP contribution >= 0.6 is 0 Å². The maximum atomic E-state index is 12.4. The molecule has 0 spiro atoms. The van der Waals surface area contributed by atoms with Crippen molar-refractivity contribution in [3.8, 4) is 0 Å². The molecule has 1 saturated heterocycles. The molecule has 1 saturated carbocycles. The average molecular weight is 325 g/mol. The lowest BCUT2D eigenvalue weighted by molar-refractivity contribution is -0.144. The van der Waals surface area contributed by atoms with Gasteiger partial charge in [-0.2, -0.15) is 0 Å². The van der Waals surface area contributed by atoms with Crippen LogP contribution in [-0.4, -0.2) is 36.2 Å². The molecule has 5 heteroatoms. The van der Waals surface area contributed by atoms with Gasteiger partial charge in [0.25, 0.3) is 0 Å². The number of ether oxygens (including phenoxy) is 1. The highest BCUT2D eigenvalue weighted by molar-refractivity contribution is 5.80. The van der Waals surface area contributed by atoms with Gasteiger partial charge in [-0.05, 0) is 37.5 Å². The molecule has 4 unspecified atom stereocenters. The summed E-state index contributed by atoms with van der Waals surface area (Å²) in [5.41, 5.74) is 0.0645. The van der Waals surface area contributed by atoms with E-state index < -0.39 is 5.97 Å². The van der Waals surface area contributed by atoms with Crippen LogP contribution in [0.5, 0.6) is 0 Å². The zero-order chi connectivity index (χ0) is 17.0. The summed E-state index contributed by atoms with van der Waals surface area (Å²) in [4.78, 5) is 23.6. The molecule has 2 rings (SSSR count). The molecule has 1 heterocycles. The molecule has 2 N–H and O–H groups in total. The third-order valence-electron chi connectivity index (χ3n) is 5.23. The van der Waals surface area contributed by atoms with E-state index in [1.807, 2.05) is 0 Å². The lowest BCUT2D eigenvalue weighted by Gasteiger charge is -2.40. The molecule has 132 valence electrons. The van der Waals surface area contributed by atoms with Gasteiger partial charge in [-0.25, -0.2) is 0 Å².